The number of piperidine rings is 1. The van der Waals surface area contributed by atoms with Gasteiger partial charge in [0.2, 0.25) is 5.91 Å². The molecule has 1 heterocycles. The number of likely N-dealkylation sites (tertiary alicyclic amines) is 1. The largest absolute Gasteiger partial charge is 0.372 e. The van der Waals surface area contributed by atoms with Crippen molar-refractivity contribution in [3.05, 3.63) is 0 Å². The van der Waals surface area contributed by atoms with E-state index in [0.717, 1.165) is 25.9 Å². The van der Waals surface area contributed by atoms with E-state index >= 15 is 0 Å². The third-order valence-electron chi connectivity index (χ3n) is 3.48. The number of carbonyl (C=O) groups excluding carboxylic acids is 1. The maximum absolute atomic E-state index is 11.6. The van der Waals surface area contributed by atoms with Crippen LogP contribution in [0.4, 0.5) is 0 Å². The van der Waals surface area contributed by atoms with Gasteiger partial charge < -0.3 is 15.0 Å². The number of hydrogen-bond acceptors (Lipinski definition) is 3. The highest BCUT2D eigenvalue weighted by Crippen LogP contribution is 2.11. The van der Waals surface area contributed by atoms with Crippen LogP contribution in [0, 0.1) is 0 Å². The van der Waals surface area contributed by atoms with Crippen molar-refractivity contribution in [2.24, 2.45) is 0 Å². The average Bonchev–Trinajstić information content (AvgIpc) is 2.37. The van der Waals surface area contributed by atoms with E-state index < -0.39 is 0 Å². The minimum absolute atomic E-state index is 0.0134. The number of nitrogens with one attached hydrogen (secondary N) is 1. The molecule has 0 aromatic rings. The predicted molar refractivity (Wildman–Crippen MR) is 69.0 cm³/mol. The van der Waals surface area contributed by atoms with Gasteiger partial charge in [-0.15, -0.1) is 0 Å². The van der Waals surface area contributed by atoms with Gasteiger partial charge in [-0.25, -0.2) is 0 Å². The molecule has 0 radical (unpaired) electrons. The summed E-state index contributed by atoms with van der Waals surface area (Å²) in [4.78, 5) is 14.1. The first-order valence-corrected chi connectivity index (χ1v) is 6.73. The summed E-state index contributed by atoms with van der Waals surface area (Å²) in [6, 6.07) is 0.331. The van der Waals surface area contributed by atoms with E-state index in [-0.39, 0.29) is 12.0 Å². The number of methoxy groups -OCH3 is 1. The predicted octanol–water partition coefficient (Wildman–Crippen LogP) is 1.40. The first-order valence-electron chi connectivity index (χ1n) is 6.73. The molecular formula is C13H26N2O2. The Morgan fingerprint density at radius 3 is 2.65 bits per heavy atom. The first kappa shape index (κ1) is 14.5. The van der Waals surface area contributed by atoms with Gasteiger partial charge in [-0.2, -0.15) is 0 Å². The standard InChI is InChI=1S/C13H26N2O2/c1-4-5-8-15-9-6-12(7-10-15)14-13(16)11(2)17-3/h11-12H,4-10H2,1-3H3,(H,14,16). The fourth-order valence-electron chi connectivity index (χ4n) is 2.11. The van der Waals surface area contributed by atoms with Crippen LogP contribution in [0.3, 0.4) is 0 Å². The molecule has 0 spiro atoms. The Hall–Kier alpha value is -0.610. The van der Waals surface area contributed by atoms with Gasteiger partial charge in [0.25, 0.3) is 0 Å². The number of carbonyl (C=O) groups is 1. The van der Waals surface area contributed by atoms with E-state index in [4.69, 9.17) is 4.74 Å². The second kappa shape index (κ2) is 7.67. The number of amides is 1. The third kappa shape index (κ3) is 5.04. The van der Waals surface area contributed by atoms with Crippen molar-refractivity contribution in [1.82, 2.24) is 10.2 Å². The van der Waals surface area contributed by atoms with Crippen molar-refractivity contribution in [3.8, 4) is 0 Å². The molecule has 0 aliphatic carbocycles. The molecule has 4 nitrogen and oxygen atoms in total. The van der Waals surface area contributed by atoms with Crippen LogP contribution in [-0.4, -0.2) is 49.7 Å². The molecule has 1 fully saturated rings. The summed E-state index contributed by atoms with van der Waals surface area (Å²) in [7, 11) is 1.57. The Bertz CT molecular complexity index is 225. The van der Waals surface area contributed by atoms with Gasteiger partial charge in [0.05, 0.1) is 0 Å². The van der Waals surface area contributed by atoms with Crippen molar-refractivity contribution in [3.63, 3.8) is 0 Å². The highest BCUT2D eigenvalue weighted by atomic mass is 16.5. The van der Waals surface area contributed by atoms with E-state index in [1.54, 1.807) is 14.0 Å². The molecule has 1 saturated heterocycles. The van der Waals surface area contributed by atoms with Crippen molar-refractivity contribution in [2.75, 3.05) is 26.7 Å². The van der Waals surface area contributed by atoms with Gasteiger partial charge in [-0.3, -0.25) is 4.79 Å². The quantitative estimate of drug-likeness (QED) is 0.765. The topological polar surface area (TPSA) is 41.6 Å². The maximum Gasteiger partial charge on any atom is 0.249 e. The lowest BCUT2D eigenvalue weighted by atomic mass is 10.0. The van der Waals surface area contributed by atoms with Crippen LogP contribution in [-0.2, 0) is 9.53 Å². The van der Waals surface area contributed by atoms with Crippen molar-refractivity contribution in [2.45, 2.75) is 51.7 Å². The van der Waals surface area contributed by atoms with Gasteiger partial charge in [0.1, 0.15) is 6.10 Å². The lowest BCUT2D eigenvalue weighted by molar-refractivity contribution is -0.131. The molecule has 0 aromatic carbocycles. The zero-order chi connectivity index (χ0) is 12.7. The Morgan fingerprint density at radius 1 is 1.47 bits per heavy atom. The molecule has 1 N–H and O–H groups in total. The minimum atomic E-state index is -0.340. The Morgan fingerprint density at radius 2 is 2.12 bits per heavy atom. The van der Waals surface area contributed by atoms with Crippen LogP contribution in [0.2, 0.25) is 0 Å². The monoisotopic (exact) mass is 242 g/mol. The normalized spacial score (nSPS) is 20.2. The number of unbranched alkanes of at least 4 members (excludes halogenated alkanes) is 1. The van der Waals surface area contributed by atoms with Crippen LogP contribution in [0.5, 0.6) is 0 Å². The molecule has 1 aliphatic heterocycles. The summed E-state index contributed by atoms with van der Waals surface area (Å²) >= 11 is 0. The van der Waals surface area contributed by atoms with Gasteiger partial charge in [-0.05, 0) is 32.7 Å². The molecule has 1 amide bonds. The van der Waals surface area contributed by atoms with Gasteiger partial charge in [0, 0.05) is 26.2 Å². The molecule has 4 heteroatoms. The molecule has 1 aliphatic rings. The third-order valence-corrected chi connectivity index (χ3v) is 3.48. The summed E-state index contributed by atoms with van der Waals surface area (Å²) in [5.74, 6) is 0.0134. The fourth-order valence-corrected chi connectivity index (χ4v) is 2.11. The number of hydrogen-bond donors (Lipinski definition) is 1. The number of ether oxygens (including phenoxy) is 1. The second-order valence-electron chi connectivity index (χ2n) is 4.86. The summed E-state index contributed by atoms with van der Waals surface area (Å²) in [6.45, 7) is 7.41. The smallest absolute Gasteiger partial charge is 0.249 e. The van der Waals surface area contributed by atoms with Crippen LogP contribution < -0.4 is 5.32 Å². The van der Waals surface area contributed by atoms with Crippen molar-refractivity contribution < 1.29 is 9.53 Å². The lowest BCUT2D eigenvalue weighted by Crippen LogP contribution is -2.47. The van der Waals surface area contributed by atoms with Gasteiger partial charge >= 0.3 is 0 Å². The minimum Gasteiger partial charge on any atom is -0.372 e. The second-order valence-corrected chi connectivity index (χ2v) is 4.86. The van der Waals surface area contributed by atoms with Crippen LogP contribution >= 0.6 is 0 Å². The zero-order valence-electron chi connectivity index (χ0n) is 11.4. The SMILES string of the molecule is CCCCN1CCC(NC(=O)C(C)OC)CC1. The maximum atomic E-state index is 11.6. The summed E-state index contributed by atoms with van der Waals surface area (Å²) in [5.41, 5.74) is 0. The summed E-state index contributed by atoms with van der Waals surface area (Å²) in [5, 5.41) is 3.06. The molecule has 100 valence electrons. The van der Waals surface area contributed by atoms with E-state index in [9.17, 15) is 4.79 Å². The van der Waals surface area contributed by atoms with Gasteiger partial charge in [-0.1, -0.05) is 13.3 Å². The van der Waals surface area contributed by atoms with E-state index in [0.29, 0.717) is 6.04 Å². The molecule has 0 saturated carbocycles. The average molecular weight is 242 g/mol. The Balaban J connectivity index is 2.20. The van der Waals surface area contributed by atoms with Gasteiger partial charge in [0.15, 0.2) is 0 Å². The van der Waals surface area contributed by atoms with E-state index in [2.05, 4.69) is 17.1 Å². The van der Waals surface area contributed by atoms with Crippen LogP contribution in [0.25, 0.3) is 0 Å². The first-order chi connectivity index (χ1) is 8.17. The lowest BCUT2D eigenvalue weighted by Gasteiger charge is -2.32. The Labute approximate surface area is 105 Å². The van der Waals surface area contributed by atoms with E-state index in [1.807, 2.05) is 0 Å². The molecular weight excluding hydrogens is 216 g/mol. The zero-order valence-corrected chi connectivity index (χ0v) is 11.4. The van der Waals surface area contributed by atoms with Crippen molar-refractivity contribution in [1.29, 1.82) is 0 Å². The highest BCUT2D eigenvalue weighted by Gasteiger charge is 2.22. The van der Waals surface area contributed by atoms with Crippen molar-refractivity contribution >= 4 is 5.91 Å². The molecule has 1 rings (SSSR count). The van der Waals surface area contributed by atoms with E-state index in [1.165, 1.54) is 19.4 Å². The van der Waals surface area contributed by atoms with Crippen LogP contribution in [0.1, 0.15) is 39.5 Å². The Kier molecular flexibility index (Phi) is 6.52. The molecule has 17 heavy (non-hydrogen) atoms. The number of rotatable bonds is 6. The summed E-state index contributed by atoms with van der Waals surface area (Å²) in [6.07, 6.45) is 4.31. The number of nitrogens with zero attached hydrogens (tertiary/aromatic N) is 1. The molecule has 1 unspecified atom stereocenters. The molecule has 1 atom stereocenters. The molecule has 0 aromatic heterocycles. The summed E-state index contributed by atoms with van der Waals surface area (Å²) < 4.78 is 5.01. The van der Waals surface area contributed by atoms with Crippen LogP contribution in [0.15, 0.2) is 0 Å². The highest BCUT2D eigenvalue weighted by molar-refractivity contribution is 5.80. The molecule has 0 bridgehead atoms. The fraction of sp³-hybridized carbons (Fsp3) is 0.923.